The minimum Gasteiger partial charge on any atom is -0.368 e. The van der Waals surface area contributed by atoms with Crippen LogP contribution in [0.4, 0.5) is 0 Å². The molecule has 0 saturated heterocycles. The second-order valence-electron chi connectivity index (χ2n) is 8.76. The Hall–Kier alpha value is -4.64. The van der Waals surface area contributed by atoms with Crippen molar-refractivity contribution in [3.63, 3.8) is 0 Å². The van der Waals surface area contributed by atoms with Crippen LogP contribution in [0.25, 0.3) is 21.8 Å². The topological polar surface area (TPSA) is 188 Å². The maximum atomic E-state index is 12.7. The third-order valence-electron chi connectivity index (χ3n) is 6.06. The molecule has 2 atom stereocenters. The van der Waals surface area contributed by atoms with Crippen molar-refractivity contribution in [3.05, 3.63) is 72.1 Å². The summed E-state index contributed by atoms with van der Waals surface area (Å²) in [6, 6.07) is 13.4. The van der Waals surface area contributed by atoms with Crippen LogP contribution in [0.5, 0.6) is 0 Å². The number of hydrogen-bond acceptors (Lipinski definition) is 5. The highest BCUT2D eigenvalue weighted by Gasteiger charge is 2.24. The lowest BCUT2D eigenvalue weighted by Crippen LogP contribution is -2.52. The van der Waals surface area contributed by atoms with Crippen LogP contribution in [0, 0.1) is 0 Å². The van der Waals surface area contributed by atoms with Crippen molar-refractivity contribution in [2.75, 3.05) is 13.1 Å². The van der Waals surface area contributed by atoms with Gasteiger partial charge in [0.1, 0.15) is 6.04 Å². The van der Waals surface area contributed by atoms with Gasteiger partial charge in [0.25, 0.3) is 0 Å². The van der Waals surface area contributed by atoms with E-state index in [0.717, 1.165) is 32.9 Å². The van der Waals surface area contributed by atoms with Gasteiger partial charge in [-0.25, -0.2) is 0 Å². The van der Waals surface area contributed by atoms with Crippen LogP contribution in [0.1, 0.15) is 11.1 Å². The predicted molar refractivity (Wildman–Crippen MR) is 139 cm³/mol. The first kappa shape index (κ1) is 25.5. The fraction of sp³-hybridized carbons (Fsp3) is 0.231. The van der Waals surface area contributed by atoms with Gasteiger partial charge in [-0.15, -0.1) is 0 Å². The minimum atomic E-state index is -0.997. The van der Waals surface area contributed by atoms with Crippen molar-refractivity contribution in [3.8, 4) is 0 Å². The van der Waals surface area contributed by atoms with Crippen LogP contribution in [0.15, 0.2) is 60.9 Å². The molecule has 0 aliphatic rings. The van der Waals surface area contributed by atoms with Crippen molar-refractivity contribution < 1.29 is 19.2 Å². The van der Waals surface area contributed by atoms with Gasteiger partial charge >= 0.3 is 0 Å². The molecule has 0 aliphatic carbocycles. The van der Waals surface area contributed by atoms with E-state index in [-0.39, 0.29) is 25.9 Å². The van der Waals surface area contributed by atoms with E-state index >= 15 is 0 Å². The summed E-state index contributed by atoms with van der Waals surface area (Å²) in [5.41, 5.74) is 14.7. The molecule has 0 saturated carbocycles. The van der Waals surface area contributed by atoms with Crippen LogP contribution in [-0.2, 0) is 32.0 Å². The fourth-order valence-electron chi connectivity index (χ4n) is 4.20. The predicted octanol–water partition coefficient (Wildman–Crippen LogP) is -0.0358. The Bertz CT molecular complexity index is 1440. The first-order chi connectivity index (χ1) is 17.8. The van der Waals surface area contributed by atoms with Gasteiger partial charge < -0.3 is 37.4 Å². The molecule has 37 heavy (non-hydrogen) atoms. The third-order valence-corrected chi connectivity index (χ3v) is 6.06. The molecule has 2 heterocycles. The third kappa shape index (κ3) is 6.33. The molecular weight excluding hydrogens is 474 g/mol. The number of primary amides is 1. The second-order valence-corrected chi connectivity index (χ2v) is 8.76. The lowest BCUT2D eigenvalue weighted by molar-refractivity contribution is -0.130. The number of para-hydroxylation sites is 2. The Labute approximate surface area is 212 Å². The second kappa shape index (κ2) is 11.4. The average Bonchev–Trinajstić information content (AvgIpc) is 3.49. The quantitative estimate of drug-likeness (QED) is 0.151. The Balaban J connectivity index is 1.36. The molecule has 2 aromatic carbocycles. The first-order valence-corrected chi connectivity index (χ1v) is 11.8. The Morgan fingerprint density at radius 2 is 1.30 bits per heavy atom. The fourth-order valence-corrected chi connectivity index (χ4v) is 4.20. The summed E-state index contributed by atoms with van der Waals surface area (Å²) < 4.78 is 0. The molecule has 11 heteroatoms. The lowest BCUT2D eigenvalue weighted by atomic mass is 10.0. The van der Waals surface area contributed by atoms with E-state index in [0.29, 0.717) is 0 Å². The number of carbonyl (C=O) groups is 4. The first-order valence-electron chi connectivity index (χ1n) is 11.8. The monoisotopic (exact) mass is 503 g/mol. The highest BCUT2D eigenvalue weighted by atomic mass is 16.2. The SMILES string of the molecule is NC(=O)CNC(=O)[C@H](Cc1c[nH]c2ccccc12)NC(=O)CNC(=O)[C@H](N)Cc1c[nH]c2ccccc12. The van der Waals surface area contributed by atoms with Gasteiger partial charge in [0, 0.05) is 40.6 Å². The van der Waals surface area contributed by atoms with E-state index in [1.54, 1.807) is 6.20 Å². The molecule has 0 unspecified atom stereocenters. The molecular formula is C26H29N7O4. The standard InChI is InChI=1S/C26H29N7O4/c27-19(9-15-11-29-20-7-3-1-5-17(15)20)25(36)32-14-24(35)33-22(26(37)31-13-23(28)34)10-16-12-30-21-8-4-2-6-18(16)21/h1-8,11-12,19,22,29-30H,9-10,13-14,27H2,(H2,28,34)(H,31,37)(H,32,36)(H,33,35)/t19-,22+/m1/s1. The summed E-state index contributed by atoms with van der Waals surface area (Å²) in [5.74, 6) is -2.35. The summed E-state index contributed by atoms with van der Waals surface area (Å²) in [6.07, 6.45) is 4.02. The number of benzene rings is 2. The van der Waals surface area contributed by atoms with E-state index in [4.69, 9.17) is 11.5 Å². The summed E-state index contributed by atoms with van der Waals surface area (Å²) in [6.45, 7) is -0.730. The molecule has 2 aromatic heterocycles. The average molecular weight is 504 g/mol. The number of H-pyrrole nitrogens is 2. The van der Waals surface area contributed by atoms with Gasteiger partial charge in [-0.3, -0.25) is 19.2 Å². The molecule has 192 valence electrons. The number of nitrogens with one attached hydrogen (secondary N) is 5. The number of nitrogens with two attached hydrogens (primary N) is 2. The van der Waals surface area contributed by atoms with E-state index in [1.165, 1.54) is 0 Å². The summed E-state index contributed by atoms with van der Waals surface area (Å²) in [7, 11) is 0. The number of carbonyl (C=O) groups excluding carboxylic acids is 4. The molecule has 4 aromatic rings. The Kier molecular flexibility index (Phi) is 7.84. The van der Waals surface area contributed by atoms with E-state index in [2.05, 4.69) is 25.9 Å². The number of aromatic amines is 2. The van der Waals surface area contributed by atoms with Gasteiger partial charge in [-0.05, 0) is 29.7 Å². The van der Waals surface area contributed by atoms with Crippen LogP contribution in [-0.4, -0.2) is 58.8 Å². The molecule has 0 radical (unpaired) electrons. The zero-order valence-corrected chi connectivity index (χ0v) is 20.0. The van der Waals surface area contributed by atoms with Crippen LogP contribution in [0.2, 0.25) is 0 Å². The minimum absolute atomic E-state index is 0.161. The molecule has 9 N–H and O–H groups in total. The largest absolute Gasteiger partial charge is 0.368 e. The summed E-state index contributed by atoms with van der Waals surface area (Å²) in [4.78, 5) is 55.3. The van der Waals surface area contributed by atoms with Crippen molar-refractivity contribution in [1.82, 2.24) is 25.9 Å². The highest BCUT2D eigenvalue weighted by Crippen LogP contribution is 2.20. The maximum Gasteiger partial charge on any atom is 0.243 e. The number of rotatable bonds is 11. The van der Waals surface area contributed by atoms with E-state index in [1.807, 2.05) is 54.7 Å². The van der Waals surface area contributed by atoms with Gasteiger partial charge in [0.15, 0.2) is 0 Å². The highest BCUT2D eigenvalue weighted by molar-refractivity contribution is 5.93. The van der Waals surface area contributed by atoms with Gasteiger partial charge in [0.2, 0.25) is 23.6 Å². The molecule has 0 spiro atoms. The lowest BCUT2D eigenvalue weighted by Gasteiger charge is -2.19. The van der Waals surface area contributed by atoms with Crippen LogP contribution >= 0.6 is 0 Å². The molecule has 4 rings (SSSR count). The van der Waals surface area contributed by atoms with Gasteiger partial charge in [-0.1, -0.05) is 36.4 Å². The van der Waals surface area contributed by atoms with Crippen molar-refractivity contribution in [1.29, 1.82) is 0 Å². The maximum absolute atomic E-state index is 12.7. The molecule has 0 aliphatic heterocycles. The number of hydrogen-bond donors (Lipinski definition) is 7. The number of aromatic nitrogens is 2. The summed E-state index contributed by atoms with van der Waals surface area (Å²) in [5, 5.41) is 9.46. The number of fused-ring (bicyclic) bond motifs is 2. The van der Waals surface area contributed by atoms with Crippen molar-refractivity contribution in [2.24, 2.45) is 11.5 Å². The van der Waals surface area contributed by atoms with E-state index in [9.17, 15) is 19.2 Å². The van der Waals surface area contributed by atoms with Crippen LogP contribution in [0.3, 0.4) is 0 Å². The molecule has 0 bridgehead atoms. The summed E-state index contributed by atoms with van der Waals surface area (Å²) >= 11 is 0. The van der Waals surface area contributed by atoms with E-state index < -0.39 is 35.7 Å². The molecule has 4 amide bonds. The smallest absolute Gasteiger partial charge is 0.243 e. The van der Waals surface area contributed by atoms with Gasteiger partial charge in [-0.2, -0.15) is 0 Å². The molecule has 0 fully saturated rings. The van der Waals surface area contributed by atoms with Gasteiger partial charge in [0.05, 0.1) is 19.1 Å². The number of amides is 4. The van der Waals surface area contributed by atoms with Crippen molar-refractivity contribution in [2.45, 2.75) is 24.9 Å². The van der Waals surface area contributed by atoms with Crippen LogP contribution < -0.4 is 27.4 Å². The van der Waals surface area contributed by atoms with Crippen molar-refractivity contribution >= 4 is 45.4 Å². The Morgan fingerprint density at radius 1 is 0.757 bits per heavy atom. The zero-order valence-electron chi connectivity index (χ0n) is 20.0. The normalized spacial score (nSPS) is 12.7. The molecule has 11 nitrogen and oxygen atoms in total. The zero-order chi connectivity index (χ0) is 26.4. The Morgan fingerprint density at radius 3 is 1.89 bits per heavy atom.